The molecule has 0 spiro atoms. The van der Waals surface area contributed by atoms with Gasteiger partial charge in [0.2, 0.25) is 5.91 Å². The van der Waals surface area contributed by atoms with Crippen LogP contribution in [0.25, 0.3) is 33.2 Å². The number of hydrogen-bond acceptors (Lipinski definition) is 2. The van der Waals surface area contributed by atoms with Gasteiger partial charge >= 0.3 is 0 Å². The second-order valence-corrected chi connectivity index (χ2v) is 10.4. The lowest BCUT2D eigenvalue weighted by molar-refractivity contribution is -0.138. The normalized spacial score (nSPS) is 17.2. The fraction of sp³-hybridized carbons (Fsp3) is 0.419. The number of rotatable bonds is 5. The molecule has 0 atom stereocenters. The molecule has 4 nitrogen and oxygen atoms in total. The van der Waals surface area contributed by atoms with Gasteiger partial charge in [0, 0.05) is 17.6 Å². The van der Waals surface area contributed by atoms with E-state index in [0.29, 0.717) is 18.6 Å². The molecular weight excluding hydrogens is 466 g/mol. The molecule has 0 radical (unpaired) electrons. The highest BCUT2D eigenvalue weighted by molar-refractivity contribution is 5.97. The summed E-state index contributed by atoms with van der Waals surface area (Å²) in [5.74, 6) is 1.16. The summed E-state index contributed by atoms with van der Waals surface area (Å²) in [6.45, 7) is 0.353. The maximum Gasteiger partial charge on any atom is 0.243 e. The lowest BCUT2D eigenvalue weighted by Crippen LogP contribution is -2.50. The second kappa shape index (κ2) is 11.0. The molecule has 3 aromatic carbocycles. The molecule has 2 fully saturated rings. The maximum absolute atomic E-state index is 14.2. The van der Waals surface area contributed by atoms with Crippen LogP contribution in [0.3, 0.4) is 0 Å². The predicted octanol–water partition coefficient (Wildman–Crippen LogP) is 7.77. The SMILES string of the molecule is Cl.O=C(Cn1c(-c2cccc3ccccc23)nc2ccccc21)N(C1CCCCC1)C1CCCCC1. The van der Waals surface area contributed by atoms with E-state index in [2.05, 4.69) is 70.1 Å². The lowest BCUT2D eigenvalue weighted by atomic mass is 9.88. The zero-order chi connectivity index (χ0) is 23.6. The summed E-state index contributed by atoms with van der Waals surface area (Å²) in [6, 6.07) is 23.9. The molecule has 0 bridgehead atoms. The Labute approximate surface area is 220 Å². The van der Waals surface area contributed by atoms with Crippen LogP contribution in [0.1, 0.15) is 64.2 Å². The van der Waals surface area contributed by atoms with Gasteiger partial charge in [-0.25, -0.2) is 4.98 Å². The molecule has 2 aliphatic rings. The third-order valence-electron chi connectivity index (χ3n) is 8.20. The summed E-state index contributed by atoms with van der Waals surface area (Å²) in [4.78, 5) is 21.6. The first-order valence-corrected chi connectivity index (χ1v) is 13.5. The van der Waals surface area contributed by atoms with Gasteiger partial charge in [0.15, 0.2) is 0 Å². The Morgan fingerprint density at radius 1 is 0.778 bits per heavy atom. The highest BCUT2D eigenvalue weighted by Crippen LogP contribution is 2.33. The fourth-order valence-corrected chi connectivity index (χ4v) is 6.50. The average Bonchev–Trinajstić information content (AvgIpc) is 3.28. The average molecular weight is 502 g/mol. The van der Waals surface area contributed by atoms with Crippen molar-refractivity contribution in [2.45, 2.75) is 82.8 Å². The van der Waals surface area contributed by atoms with Crippen molar-refractivity contribution in [3.05, 3.63) is 66.7 Å². The first-order valence-electron chi connectivity index (χ1n) is 13.5. The van der Waals surface area contributed by atoms with Crippen LogP contribution in [0.15, 0.2) is 66.7 Å². The van der Waals surface area contributed by atoms with Crippen molar-refractivity contribution < 1.29 is 4.79 Å². The first kappa shape index (κ1) is 24.8. The van der Waals surface area contributed by atoms with Gasteiger partial charge < -0.3 is 9.47 Å². The molecule has 1 aromatic heterocycles. The third-order valence-corrected chi connectivity index (χ3v) is 8.20. The molecule has 5 heteroatoms. The van der Waals surface area contributed by atoms with Crippen LogP contribution < -0.4 is 0 Å². The highest BCUT2D eigenvalue weighted by Gasteiger charge is 2.33. The van der Waals surface area contributed by atoms with Gasteiger partial charge in [-0.2, -0.15) is 0 Å². The van der Waals surface area contributed by atoms with Crippen LogP contribution in [-0.4, -0.2) is 32.4 Å². The van der Waals surface area contributed by atoms with Crippen molar-refractivity contribution in [1.29, 1.82) is 0 Å². The summed E-state index contributed by atoms with van der Waals surface area (Å²) < 4.78 is 2.18. The Bertz CT molecular complexity index is 1310. The van der Waals surface area contributed by atoms with Crippen molar-refractivity contribution in [1.82, 2.24) is 14.5 Å². The Morgan fingerprint density at radius 3 is 2.11 bits per heavy atom. The molecule has 0 N–H and O–H groups in total. The number of benzene rings is 3. The quantitative estimate of drug-likeness (QED) is 0.280. The molecule has 1 amide bonds. The van der Waals surface area contributed by atoms with E-state index in [1.165, 1.54) is 49.3 Å². The molecule has 0 saturated heterocycles. The Hall–Kier alpha value is -2.85. The number of fused-ring (bicyclic) bond motifs is 2. The van der Waals surface area contributed by atoms with Gasteiger partial charge in [-0.1, -0.05) is 93.1 Å². The highest BCUT2D eigenvalue weighted by atomic mass is 35.5. The molecule has 2 aliphatic carbocycles. The molecule has 0 aliphatic heterocycles. The molecule has 188 valence electrons. The number of nitrogens with zero attached hydrogens (tertiary/aromatic N) is 3. The van der Waals surface area contributed by atoms with Crippen molar-refractivity contribution >= 4 is 40.1 Å². The standard InChI is InChI=1S/C31H35N3O.ClH/c35-30(34(24-14-3-1-4-15-24)25-16-5-2-6-17-25)22-33-29-21-10-9-20-28(29)32-31(33)27-19-11-13-23-12-7-8-18-26(23)27;/h7-13,18-21,24-25H,1-6,14-17,22H2;1H. The number of halogens is 1. The number of imidazole rings is 1. The van der Waals surface area contributed by atoms with Gasteiger partial charge in [-0.15, -0.1) is 12.4 Å². The number of hydrogen-bond donors (Lipinski definition) is 0. The Balaban J connectivity index is 0.00000267. The molecule has 36 heavy (non-hydrogen) atoms. The van der Waals surface area contributed by atoms with E-state index < -0.39 is 0 Å². The number of carbonyl (C=O) groups excluding carboxylic acids is 1. The van der Waals surface area contributed by atoms with Crippen LogP contribution in [0.2, 0.25) is 0 Å². The summed E-state index contributed by atoms with van der Waals surface area (Å²) in [6.07, 6.45) is 12.2. The lowest BCUT2D eigenvalue weighted by Gasteiger charge is -2.42. The molecule has 0 unspecified atom stereocenters. The van der Waals surface area contributed by atoms with E-state index in [1.807, 2.05) is 6.07 Å². The third kappa shape index (κ3) is 4.76. The Morgan fingerprint density at radius 2 is 1.39 bits per heavy atom. The second-order valence-electron chi connectivity index (χ2n) is 10.4. The van der Waals surface area contributed by atoms with E-state index in [9.17, 15) is 4.79 Å². The van der Waals surface area contributed by atoms with E-state index in [-0.39, 0.29) is 18.3 Å². The van der Waals surface area contributed by atoms with Crippen LogP contribution >= 0.6 is 12.4 Å². The predicted molar refractivity (Wildman–Crippen MR) is 151 cm³/mol. The summed E-state index contributed by atoms with van der Waals surface area (Å²) >= 11 is 0. The van der Waals surface area contributed by atoms with Gasteiger partial charge in [0.1, 0.15) is 12.4 Å². The van der Waals surface area contributed by atoms with Crippen molar-refractivity contribution in [2.75, 3.05) is 0 Å². The van der Waals surface area contributed by atoms with Crippen LogP contribution in [0.4, 0.5) is 0 Å². The molecule has 4 aromatic rings. The van der Waals surface area contributed by atoms with E-state index in [4.69, 9.17) is 4.98 Å². The number of amides is 1. The monoisotopic (exact) mass is 501 g/mol. The van der Waals surface area contributed by atoms with E-state index in [1.54, 1.807) is 0 Å². The number of para-hydroxylation sites is 2. The van der Waals surface area contributed by atoms with Gasteiger partial charge in [0.25, 0.3) is 0 Å². The molecule has 2 saturated carbocycles. The van der Waals surface area contributed by atoms with Gasteiger partial charge in [-0.3, -0.25) is 4.79 Å². The van der Waals surface area contributed by atoms with Gasteiger partial charge in [0.05, 0.1) is 11.0 Å². The van der Waals surface area contributed by atoms with Crippen molar-refractivity contribution in [3.63, 3.8) is 0 Å². The van der Waals surface area contributed by atoms with Gasteiger partial charge in [-0.05, 0) is 48.6 Å². The number of aromatic nitrogens is 2. The minimum Gasteiger partial charge on any atom is -0.335 e. The van der Waals surface area contributed by atoms with Crippen molar-refractivity contribution in [3.8, 4) is 11.4 Å². The fourth-order valence-electron chi connectivity index (χ4n) is 6.50. The zero-order valence-corrected chi connectivity index (χ0v) is 21.8. The first-order chi connectivity index (χ1) is 17.3. The van der Waals surface area contributed by atoms with Crippen molar-refractivity contribution in [2.24, 2.45) is 0 Å². The molecule has 6 rings (SSSR count). The van der Waals surface area contributed by atoms with Crippen LogP contribution in [0.5, 0.6) is 0 Å². The Kier molecular flexibility index (Phi) is 7.62. The maximum atomic E-state index is 14.2. The zero-order valence-electron chi connectivity index (χ0n) is 20.9. The van der Waals surface area contributed by atoms with Crippen LogP contribution in [-0.2, 0) is 11.3 Å². The van der Waals surface area contributed by atoms with E-state index >= 15 is 0 Å². The largest absolute Gasteiger partial charge is 0.335 e. The number of carbonyl (C=O) groups is 1. The molecule has 1 heterocycles. The summed E-state index contributed by atoms with van der Waals surface area (Å²) in [5.41, 5.74) is 3.08. The summed E-state index contributed by atoms with van der Waals surface area (Å²) in [5, 5.41) is 2.37. The minimum atomic E-state index is 0. The minimum absolute atomic E-state index is 0. The topological polar surface area (TPSA) is 38.1 Å². The molecular formula is C31H36ClN3O. The van der Waals surface area contributed by atoms with Crippen LogP contribution in [0, 0.1) is 0 Å². The smallest absolute Gasteiger partial charge is 0.243 e. The summed E-state index contributed by atoms with van der Waals surface area (Å²) in [7, 11) is 0. The van der Waals surface area contributed by atoms with E-state index in [0.717, 1.165) is 48.1 Å².